The van der Waals surface area contributed by atoms with Gasteiger partial charge in [-0.2, -0.15) is 0 Å². The minimum Gasteiger partial charge on any atom is -0.345 e. The average Bonchev–Trinajstić information content (AvgIpc) is 3.28. The average molecular weight is 443 g/mol. The molecule has 0 spiro atoms. The third kappa shape index (κ3) is 4.14. The van der Waals surface area contributed by atoms with E-state index in [2.05, 4.69) is 30.0 Å². The second kappa shape index (κ2) is 8.12. The lowest BCUT2D eigenvalue weighted by atomic mass is 10.1. The predicted molar refractivity (Wildman–Crippen MR) is 124 cm³/mol. The van der Waals surface area contributed by atoms with E-state index in [4.69, 9.17) is 0 Å². The number of fused-ring (bicyclic) bond motifs is 1. The van der Waals surface area contributed by atoms with E-state index in [0.717, 1.165) is 22.3 Å². The maximum absolute atomic E-state index is 12.8. The van der Waals surface area contributed by atoms with Gasteiger partial charge in [-0.25, -0.2) is 23.4 Å². The molecule has 9 heteroatoms. The summed E-state index contributed by atoms with van der Waals surface area (Å²) in [6.45, 7) is 0. The molecular weight excluding hydrogens is 424 g/mol. The largest absolute Gasteiger partial charge is 0.345 e. The van der Waals surface area contributed by atoms with Crippen LogP contribution in [0.5, 0.6) is 0 Å². The van der Waals surface area contributed by atoms with Gasteiger partial charge in [0.05, 0.1) is 28.0 Å². The summed E-state index contributed by atoms with van der Waals surface area (Å²) < 4.78 is 28.1. The van der Waals surface area contributed by atoms with Crippen molar-refractivity contribution in [2.45, 2.75) is 4.90 Å². The number of H-pyrrole nitrogens is 1. The van der Waals surface area contributed by atoms with Crippen molar-refractivity contribution >= 4 is 38.4 Å². The molecule has 0 saturated carbocycles. The van der Waals surface area contributed by atoms with Crippen molar-refractivity contribution in [3.63, 3.8) is 0 Å². The zero-order valence-electron chi connectivity index (χ0n) is 16.7. The Balaban J connectivity index is 1.39. The number of nitrogens with zero attached hydrogens (tertiary/aromatic N) is 3. The molecular formula is C23H18N6O2S. The Morgan fingerprint density at radius 1 is 0.812 bits per heavy atom. The maximum Gasteiger partial charge on any atom is 0.261 e. The Hall–Kier alpha value is -4.24. The molecule has 3 aromatic carbocycles. The van der Waals surface area contributed by atoms with Crippen molar-refractivity contribution in [3.05, 3.63) is 91.4 Å². The van der Waals surface area contributed by atoms with Crippen molar-refractivity contribution in [1.82, 2.24) is 19.9 Å². The van der Waals surface area contributed by atoms with Crippen molar-refractivity contribution in [2.24, 2.45) is 0 Å². The first-order valence-corrected chi connectivity index (χ1v) is 11.3. The Morgan fingerprint density at radius 2 is 1.66 bits per heavy atom. The summed E-state index contributed by atoms with van der Waals surface area (Å²) in [7, 11) is -3.74. The van der Waals surface area contributed by atoms with Gasteiger partial charge >= 0.3 is 0 Å². The third-order valence-electron chi connectivity index (χ3n) is 4.80. The Morgan fingerprint density at radius 3 is 2.53 bits per heavy atom. The van der Waals surface area contributed by atoms with Gasteiger partial charge < -0.3 is 10.3 Å². The molecule has 2 heterocycles. The SMILES string of the molecule is O=S(=O)(Nc1ccccc1)c1cccc(Nc2nccc(-c3ccc4[nH]cnc4c3)n2)c1. The molecule has 0 saturated heterocycles. The van der Waals surface area contributed by atoms with Crippen LogP contribution in [-0.4, -0.2) is 28.4 Å². The van der Waals surface area contributed by atoms with Crippen molar-refractivity contribution in [1.29, 1.82) is 0 Å². The predicted octanol–water partition coefficient (Wildman–Crippen LogP) is 4.56. The van der Waals surface area contributed by atoms with Crippen LogP contribution in [0.2, 0.25) is 0 Å². The molecule has 0 aliphatic heterocycles. The van der Waals surface area contributed by atoms with Gasteiger partial charge in [0.25, 0.3) is 10.0 Å². The zero-order chi connectivity index (χ0) is 22.0. The molecule has 158 valence electrons. The fraction of sp³-hybridized carbons (Fsp3) is 0. The summed E-state index contributed by atoms with van der Waals surface area (Å²) in [4.78, 5) is 16.3. The van der Waals surface area contributed by atoms with Crippen molar-refractivity contribution < 1.29 is 8.42 Å². The lowest BCUT2D eigenvalue weighted by molar-refractivity contribution is 0.601. The van der Waals surface area contributed by atoms with E-state index < -0.39 is 10.0 Å². The highest BCUT2D eigenvalue weighted by Gasteiger charge is 2.15. The number of aromatic amines is 1. The standard InChI is InChI=1S/C23H18N6O2S/c30-32(31,29-17-5-2-1-3-6-17)19-8-4-7-18(14-19)27-23-24-12-11-20(28-23)16-9-10-21-22(13-16)26-15-25-21/h1-15,29H,(H,25,26)(H,24,27,28). The van der Waals surface area contributed by atoms with E-state index in [1.807, 2.05) is 30.3 Å². The van der Waals surface area contributed by atoms with Crippen molar-refractivity contribution in [3.8, 4) is 11.3 Å². The zero-order valence-corrected chi connectivity index (χ0v) is 17.5. The third-order valence-corrected chi connectivity index (χ3v) is 6.18. The number of hydrogen-bond acceptors (Lipinski definition) is 6. The number of hydrogen-bond donors (Lipinski definition) is 3. The van der Waals surface area contributed by atoms with Gasteiger partial charge in [-0.1, -0.05) is 30.3 Å². The molecule has 0 aliphatic rings. The first kappa shape index (κ1) is 19.7. The van der Waals surface area contributed by atoms with Gasteiger partial charge in [0.1, 0.15) is 0 Å². The highest BCUT2D eigenvalue weighted by atomic mass is 32.2. The van der Waals surface area contributed by atoms with Crippen LogP contribution in [0.4, 0.5) is 17.3 Å². The van der Waals surface area contributed by atoms with Crippen LogP contribution in [0.25, 0.3) is 22.3 Å². The number of aromatic nitrogens is 4. The molecule has 5 aromatic rings. The van der Waals surface area contributed by atoms with E-state index in [1.165, 1.54) is 12.1 Å². The second-order valence-corrected chi connectivity index (χ2v) is 8.71. The van der Waals surface area contributed by atoms with Crippen LogP contribution in [0.1, 0.15) is 0 Å². The fourth-order valence-corrected chi connectivity index (χ4v) is 4.37. The fourth-order valence-electron chi connectivity index (χ4n) is 3.26. The summed E-state index contributed by atoms with van der Waals surface area (Å²) in [5, 5.41) is 3.09. The molecule has 32 heavy (non-hydrogen) atoms. The molecule has 0 aliphatic carbocycles. The molecule has 2 aromatic heterocycles. The van der Waals surface area contributed by atoms with Gasteiger partial charge in [0, 0.05) is 23.1 Å². The summed E-state index contributed by atoms with van der Waals surface area (Å²) in [6, 6.07) is 22.9. The molecule has 0 unspecified atom stereocenters. The quantitative estimate of drug-likeness (QED) is 0.355. The minimum atomic E-state index is -3.74. The lowest BCUT2D eigenvalue weighted by Gasteiger charge is -2.10. The van der Waals surface area contributed by atoms with Crippen molar-refractivity contribution in [2.75, 3.05) is 10.0 Å². The number of nitrogens with one attached hydrogen (secondary N) is 3. The molecule has 0 amide bonds. The number of imidazole rings is 1. The molecule has 8 nitrogen and oxygen atoms in total. The number of para-hydroxylation sites is 1. The van der Waals surface area contributed by atoms with E-state index in [9.17, 15) is 8.42 Å². The Bertz CT molecular complexity index is 1500. The van der Waals surface area contributed by atoms with Crippen LogP contribution in [0, 0.1) is 0 Å². The Kier molecular flexibility index (Phi) is 5.00. The maximum atomic E-state index is 12.8. The monoisotopic (exact) mass is 442 g/mol. The summed E-state index contributed by atoms with van der Waals surface area (Å²) in [5.74, 6) is 0.357. The molecule has 3 N–H and O–H groups in total. The smallest absolute Gasteiger partial charge is 0.261 e. The van der Waals surface area contributed by atoms with Crippen LogP contribution < -0.4 is 10.0 Å². The number of sulfonamides is 1. The normalized spacial score (nSPS) is 11.4. The highest BCUT2D eigenvalue weighted by molar-refractivity contribution is 7.92. The molecule has 0 atom stereocenters. The molecule has 0 bridgehead atoms. The summed E-state index contributed by atoms with van der Waals surface area (Å²) in [6.07, 6.45) is 3.30. The molecule has 0 radical (unpaired) electrons. The topological polar surface area (TPSA) is 113 Å². The van der Waals surface area contributed by atoms with E-state index in [1.54, 1.807) is 48.9 Å². The first-order valence-electron chi connectivity index (χ1n) is 9.78. The first-order chi connectivity index (χ1) is 15.6. The molecule has 0 fully saturated rings. The van der Waals surface area contributed by atoms with E-state index >= 15 is 0 Å². The number of benzene rings is 3. The highest BCUT2D eigenvalue weighted by Crippen LogP contribution is 2.24. The minimum absolute atomic E-state index is 0.131. The van der Waals surface area contributed by atoms with Gasteiger partial charge in [0.15, 0.2) is 0 Å². The lowest BCUT2D eigenvalue weighted by Crippen LogP contribution is -2.13. The summed E-state index contributed by atoms with van der Waals surface area (Å²) in [5.41, 5.74) is 4.47. The van der Waals surface area contributed by atoms with E-state index in [0.29, 0.717) is 17.3 Å². The van der Waals surface area contributed by atoms with Crippen LogP contribution >= 0.6 is 0 Å². The van der Waals surface area contributed by atoms with E-state index in [-0.39, 0.29) is 4.90 Å². The molecule has 5 rings (SSSR count). The van der Waals surface area contributed by atoms with Crippen LogP contribution in [-0.2, 0) is 10.0 Å². The van der Waals surface area contributed by atoms with Gasteiger partial charge in [-0.15, -0.1) is 0 Å². The summed E-state index contributed by atoms with van der Waals surface area (Å²) >= 11 is 0. The van der Waals surface area contributed by atoms with Gasteiger partial charge in [-0.05, 0) is 48.5 Å². The van der Waals surface area contributed by atoms with Gasteiger partial charge in [-0.3, -0.25) is 4.72 Å². The second-order valence-electron chi connectivity index (χ2n) is 7.02. The number of rotatable bonds is 6. The number of anilines is 3. The van der Waals surface area contributed by atoms with Crippen LogP contribution in [0.3, 0.4) is 0 Å². The van der Waals surface area contributed by atoms with Crippen LogP contribution in [0.15, 0.2) is 96.3 Å². The Labute approximate surface area is 184 Å². The van der Waals surface area contributed by atoms with Gasteiger partial charge in [0.2, 0.25) is 5.95 Å².